The highest BCUT2D eigenvalue weighted by molar-refractivity contribution is 7.72. The van der Waals surface area contributed by atoms with E-state index in [4.69, 9.17) is 5.73 Å². The van der Waals surface area contributed by atoms with E-state index < -0.39 is 10.7 Å². The van der Waals surface area contributed by atoms with Crippen LogP contribution in [-0.4, -0.2) is 8.42 Å². The minimum Gasteiger partial charge on any atom is -0.399 e. The largest absolute Gasteiger partial charge is 0.399 e. The second kappa shape index (κ2) is 2.92. The number of nitrogens with two attached hydrogens (primary N) is 1. The van der Waals surface area contributed by atoms with Gasteiger partial charge in [0.2, 0.25) is 0 Å². The third-order valence-electron chi connectivity index (χ3n) is 1.43. The van der Waals surface area contributed by atoms with Gasteiger partial charge >= 0.3 is 0 Å². The van der Waals surface area contributed by atoms with Crippen molar-refractivity contribution >= 4 is 16.4 Å². The average Bonchev–Trinajstić information content (AvgIpc) is 1.94. The van der Waals surface area contributed by atoms with E-state index in [9.17, 15) is 8.42 Å². The zero-order valence-electron chi connectivity index (χ0n) is 6.07. The monoisotopic (exact) mass is 171 g/mol. The molecule has 4 heteroatoms. The van der Waals surface area contributed by atoms with Crippen LogP contribution in [0, 0.1) is 6.92 Å². The van der Waals surface area contributed by atoms with Crippen LogP contribution < -0.4 is 5.73 Å². The molecule has 60 valence electrons. The van der Waals surface area contributed by atoms with E-state index in [0.717, 1.165) is 5.56 Å². The van der Waals surface area contributed by atoms with Gasteiger partial charge in [-0.05, 0) is 24.6 Å². The number of hydrogen-bond donors (Lipinski definition) is 2. The van der Waals surface area contributed by atoms with E-state index in [1.165, 1.54) is 6.07 Å². The van der Waals surface area contributed by atoms with Crippen molar-refractivity contribution in [3.63, 3.8) is 0 Å². The highest BCUT2D eigenvalue weighted by Crippen LogP contribution is 2.13. The van der Waals surface area contributed by atoms with Crippen molar-refractivity contribution in [2.24, 2.45) is 0 Å². The van der Waals surface area contributed by atoms with Gasteiger partial charge in [0, 0.05) is 5.69 Å². The molecule has 0 saturated heterocycles. The highest BCUT2D eigenvalue weighted by Gasteiger charge is 1.99. The number of thiol groups is 1. The Bertz CT molecular complexity index is 336. The minimum absolute atomic E-state index is 0.306. The van der Waals surface area contributed by atoms with Crippen LogP contribution in [0.15, 0.2) is 23.1 Å². The topological polar surface area (TPSA) is 60.2 Å². The van der Waals surface area contributed by atoms with Crippen molar-refractivity contribution in [3.8, 4) is 0 Å². The minimum atomic E-state index is -2.51. The second-order valence-electron chi connectivity index (χ2n) is 2.30. The molecule has 0 bridgehead atoms. The fraction of sp³-hybridized carbons (Fsp3) is 0.143. The molecule has 0 saturated carbocycles. The van der Waals surface area contributed by atoms with Gasteiger partial charge in [-0.3, -0.25) is 0 Å². The first-order valence-electron chi connectivity index (χ1n) is 3.12. The molecule has 0 fully saturated rings. The first-order valence-corrected chi connectivity index (χ1v) is 4.29. The maximum Gasteiger partial charge on any atom is 0.168 e. The average molecular weight is 171 g/mol. The molecular weight excluding hydrogens is 162 g/mol. The molecule has 0 aliphatic heterocycles. The first kappa shape index (κ1) is 8.07. The number of nitrogen functional groups attached to an aromatic ring is 1. The maximum atomic E-state index is 10.6. The molecule has 11 heavy (non-hydrogen) atoms. The number of anilines is 1. The number of rotatable bonds is 1. The van der Waals surface area contributed by atoms with Crippen LogP contribution in [0.25, 0.3) is 0 Å². The van der Waals surface area contributed by atoms with E-state index in [-0.39, 0.29) is 0 Å². The molecule has 0 atom stereocenters. The Balaban J connectivity index is 3.35. The molecule has 0 aliphatic rings. The molecule has 0 radical (unpaired) electrons. The number of aryl methyl sites for hydroxylation is 1. The predicted octanol–water partition coefficient (Wildman–Crippen LogP) is 0.548. The molecule has 1 rings (SSSR count). The third-order valence-corrected chi connectivity index (χ3v) is 2.31. The molecule has 0 aromatic heterocycles. The van der Waals surface area contributed by atoms with Crippen molar-refractivity contribution in [1.29, 1.82) is 0 Å². The molecule has 1 aromatic carbocycles. The Morgan fingerprint density at radius 2 is 2.00 bits per heavy atom. The van der Waals surface area contributed by atoms with Crippen LogP contribution in [0.2, 0.25) is 0 Å². The standard InChI is InChI=1S/C7H9NO2S/c1-5-2-3-6(8)4-7(5)11(9)10/h2-4,11H,8H2,1H3. The maximum absolute atomic E-state index is 10.6. The lowest BCUT2D eigenvalue weighted by Gasteiger charge is -1.97. The molecule has 0 amide bonds. The number of benzene rings is 1. The van der Waals surface area contributed by atoms with Crippen LogP contribution in [0.5, 0.6) is 0 Å². The zero-order chi connectivity index (χ0) is 8.43. The van der Waals surface area contributed by atoms with E-state index in [2.05, 4.69) is 0 Å². The summed E-state index contributed by atoms with van der Waals surface area (Å²) in [5.74, 6) is 0. The lowest BCUT2D eigenvalue weighted by Crippen LogP contribution is -1.90. The Labute approximate surface area is 66.8 Å². The van der Waals surface area contributed by atoms with Gasteiger partial charge < -0.3 is 5.73 Å². The van der Waals surface area contributed by atoms with E-state index in [1.54, 1.807) is 19.1 Å². The van der Waals surface area contributed by atoms with Gasteiger partial charge in [0.25, 0.3) is 0 Å². The fourth-order valence-electron chi connectivity index (χ4n) is 0.823. The highest BCUT2D eigenvalue weighted by atomic mass is 32.2. The van der Waals surface area contributed by atoms with Crippen molar-refractivity contribution < 1.29 is 8.42 Å². The zero-order valence-corrected chi connectivity index (χ0v) is 6.97. The molecule has 0 spiro atoms. The molecule has 0 unspecified atom stereocenters. The summed E-state index contributed by atoms with van der Waals surface area (Å²) in [7, 11) is -2.51. The Kier molecular flexibility index (Phi) is 2.14. The van der Waals surface area contributed by atoms with Gasteiger partial charge in [-0.15, -0.1) is 0 Å². The van der Waals surface area contributed by atoms with E-state index in [0.29, 0.717) is 10.6 Å². The van der Waals surface area contributed by atoms with Crippen LogP contribution >= 0.6 is 0 Å². The van der Waals surface area contributed by atoms with Gasteiger partial charge in [0.15, 0.2) is 10.7 Å². The van der Waals surface area contributed by atoms with Crippen LogP contribution in [-0.2, 0) is 10.7 Å². The quantitative estimate of drug-likeness (QED) is 0.479. The predicted molar refractivity (Wildman–Crippen MR) is 44.2 cm³/mol. The van der Waals surface area contributed by atoms with Crippen molar-refractivity contribution in [2.45, 2.75) is 11.8 Å². The van der Waals surface area contributed by atoms with Gasteiger partial charge in [0.05, 0.1) is 4.90 Å². The summed E-state index contributed by atoms with van der Waals surface area (Å²) in [6, 6.07) is 4.83. The lowest BCUT2D eigenvalue weighted by molar-refractivity contribution is 0.614. The fourth-order valence-corrected chi connectivity index (χ4v) is 1.44. The van der Waals surface area contributed by atoms with Crippen LogP contribution in [0.1, 0.15) is 5.56 Å². The summed E-state index contributed by atoms with van der Waals surface area (Å²) in [6.07, 6.45) is 0. The molecular formula is C7H9NO2S. The molecule has 2 N–H and O–H groups in total. The Hall–Kier alpha value is -1.03. The van der Waals surface area contributed by atoms with Gasteiger partial charge in [-0.2, -0.15) is 0 Å². The molecule has 1 aromatic rings. The Morgan fingerprint density at radius 1 is 1.36 bits per heavy atom. The summed E-state index contributed by atoms with van der Waals surface area (Å²) in [6.45, 7) is 1.74. The second-order valence-corrected chi connectivity index (χ2v) is 3.30. The molecule has 0 aliphatic carbocycles. The van der Waals surface area contributed by atoms with Gasteiger partial charge in [-0.1, -0.05) is 6.07 Å². The summed E-state index contributed by atoms with van der Waals surface area (Å²) < 4.78 is 21.1. The summed E-state index contributed by atoms with van der Waals surface area (Å²) in [5, 5.41) is 0. The molecule has 0 heterocycles. The van der Waals surface area contributed by atoms with Crippen molar-refractivity contribution in [1.82, 2.24) is 0 Å². The van der Waals surface area contributed by atoms with Crippen LogP contribution in [0.3, 0.4) is 0 Å². The normalized spacial score (nSPS) is 10.4. The molecule has 3 nitrogen and oxygen atoms in total. The summed E-state index contributed by atoms with van der Waals surface area (Å²) in [5.41, 5.74) is 6.61. The van der Waals surface area contributed by atoms with Crippen molar-refractivity contribution in [3.05, 3.63) is 23.8 Å². The first-order chi connectivity index (χ1) is 5.11. The van der Waals surface area contributed by atoms with Gasteiger partial charge in [-0.25, -0.2) is 8.42 Å². The van der Waals surface area contributed by atoms with Crippen LogP contribution in [0.4, 0.5) is 5.69 Å². The van der Waals surface area contributed by atoms with Crippen molar-refractivity contribution in [2.75, 3.05) is 5.73 Å². The smallest absolute Gasteiger partial charge is 0.168 e. The van der Waals surface area contributed by atoms with E-state index >= 15 is 0 Å². The Morgan fingerprint density at radius 3 is 2.45 bits per heavy atom. The summed E-state index contributed by atoms with van der Waals surface area (Å²) >= 11 is 0. The summed E-state index contributed by atoms with van der Waals surface area (Å²) in [4.78, 5) is 0.306. The lowest BCUT2D eigenvalue weighted by atomic mass is 10.2. The van der Waals surface area contributed by atoms with E-state index in [1.807, 2.05) is 0 Å². The van der Waals surface area contributed by atoms with Gasteiger partial charge in [0.1, 0.15) is 0 Å². The number of hydrogen-bond acceptors (Lipinski definition) is 3. The SMILES string of the molecule is Cc1ccc(N)cc1[SH](=O)=O. The third kappa shape index (κ3) is 1.71.